The zero-order chi connectivity index (χ0) is 15.8. The third kappa shape index (κ3) is 4.87. The Hall–Kier alpha value is -1.32. The zero-order valence-corrected chi connectivity index (χ0v) is 14.7. The molecule has 0 aliphatic carbocycles. The molecule has 4 nitrogen and oxygen atoms in total. The van der Waals surface area contributed by atoms with Gasteiger partial charge in [-0.1, -0.05) is 20.8 Å². The molecule has 1 aromatic heterocycles. The molecule has 0 radical (unpaired) electrons. The number of aryl methyl sites for hydroxylation is 1. The molecule has 0 unspecified atom stereocenters. The summed E-state index contributed by atoms with van der Waals surface area (Å²) in [6.07, 6.45) is 4.24. The predicted molar refractivity (Wildman–Crippen MR) is 92.3 cm³/mol. The number of nitrogens with zero attached hydrogens (tertiary/aromatic N) is 3. The van der Waals surface area contributed by atoms with Gasteiger partial charge >= 0.3 is 0 Å². The largest absolute Gasteiger partial charge is 0.370 e. The molecule has 0 saturated carbocycles. The molecule has 0 saturated heterocycles. The zero-order valence-electron chi connectivity index (χ0n) is 14.7. The van der Waals surface area contributed by atoms with Gasteiger partial charge in [0.15, 0.2) is 0 Å². The molecule has 0 amide bonds. The molecular weight excluding hydrogens is 260 g/mol. The van der Waals surface area contributed by atoms with Crippen molar-refractivity contribution in [1.82, 2.24) is 9.97 Å². The molecular formula is C17H32N4. The highest BCUT2D eigenvalue weighted by atomic mass is 15.2. The highest BCUT2D eigenvalue weighted by molar-refractivity contribution is 5.59. The first-order chi connectivity index (χ1) is 10.0. The summed E-state index contributed by atoms with van der Waals surface area (Å²) >= 11 is 0. The van der Waals surface area contributed by atoms with Gasteiger partial charge in [0.1, 0.15) is 17.5 Å². The van der Waals surface area contributed by atoms with Crippen molar-refractivity contribution in [3.8, 4) is 0 Å². The molecule has 0 aliphatic heterocycles. The molecule has 0 spiro atoms. The molecule has 0 bridgehead atoms. The summed E-state index contributed by atoms with van der Waals surface area (Å²) in [5.74, 6) is 3.06. The van der Waals surface area contributed by atoms with Crippen LogP contribution in [0.1, 0.15) is 65.3 Å². The molecule has 1 heterocycles. The summed E-state index contributed by atoms with van der Waals surface area (Å²) < 4.78 is 0. The summed E-state index contributed by atoms with van der Waals surface area (Å²) in [7, 11) is 0. The van der Waals surface area contributed by atoms with Crippen LogP contribution in [-0.2, 0) is 6.42 Å². The minimum absolute atomic E-state index is 0.451. The molecule has 4 heteroatoms. The van der Waals surface area contributed by atoms with E-state index in [9.17, 15) is 0 Å². The molecule has 21 heavy (non-hydrogen) atoms. The van der Waals surface area contributed by atoms with Gasteiger partial charge in [-0.25, -0.2) is 9.97 Å². The standard InChI is InChI=1S/C17H32N4/c1-7-10-15-19-16(18-11-8-2)14(6)17(20-15)21(12-9-3)13(4)5/h13H,7-12H2,1-6H3,(H,18,19,20). The monoisotopic (exact) mass is 292 g/mol. The van der Waals surface area contributed by atoms with Crippen LogP contribution >= 0.6 is 0 Å². The number of hydrogen-bond donors (Lipinski definition) is 1. The highest BCUT2D eigenvalue weighted by Gasteiger charge is 2.18. The normalized spacial score (nSPS) is 11.0. The Morgan fingerprint density at radius 3 is 2.29 bits per heavy atom. The van der Waals surface area contributed by atoms with E-state index in [0.717, 1.165) is 56.2 Å². The van der Waals surface area contributed by atoms with Crippen LogP contribution in [0.5, 0.6) is 0 Å². The van der Waals surface area contributed by atoms with Crippen LogP contribution in [0.15, 0.2) is 0 Å². The van der Waals surface area contributed by atoms with Gasteiger partial charge in [0.25, 0.3) is 0 Å². The SMILES string of the molecule is CCCNc1nc(CCC)nc(N(CCC)C(C)C)c1C. The average Bonchev–Trinajstić information content (AvgIpc) is 2.45. The summed E-state index contributed by atoms with van der Waals surface area (Å²) in [4.78, 5) is 12.0. The Kier molecular flexibility index (Phi) is 7.48. The summed E-state index contributed by atoms with van der Waals surface area (Å²) in [6, 6.07) is 0.451. The van der Waals surface area contributed by atoms with Crippen molar-refractivity contribution in [2.75, 3.05) is 23.3 Å². The molecule has 120 valence electrons. The Morgan fingerprint density at radius 2 is 1.76 bits per heavy atom. The summed E-state index contributed by atoms with van der Waals surface area (Å²) in [5.41, 5.74) is 1.17. The van der Waals surface area contributed by atoms with E-state index in [1.54, 1.807) is 0 Å². The third-order valence-electron chi connectivity index (χ3n) is 3.54. The van der Waals surface area contributed by atoms with Gasteiger partial charge in [-0.05, 0) is 40.0 Å². The van der Waals surface area contributed by atoms with Crippen LogP contribution in [0.25, 0.3) is 0 Å². The van der Waals surface area contributed by atoms with Gasteiger partial charge in [-0.15, -0.1) is 0 Å². The van der Waals surface area contributed by atoms with Crippen LogP contribution < -0.4 is 10.2 Å². The first-order valence-corrected chi connectivity index (χ1v) is 8.43. The van der Waals surface area contributed by atoms with E-state index < -0.39 is 0 Å². The van der Waals surface area contributed by atoms with Crippen LogP contribution in [0.2, 0.25) is 0 Å². The van der Waals surface area contributed by atoms with E-state index in [1.165, 1.54) is 5.56 Å². The second-order valence-electron chi connectivity index (χ2n) is 5.90. The van der Waals surface area contributed by atoms with E-state index in [1.807, 2.05) is 0 Å². The third-order valence-corrected chi connectivity index (χ3v) is 3.54. The predicted octanol–water partition coefficient (Wildman–Crippen LogP) is 4.18. The van der Waals surface area contributed by atoms with Crippen LogP contribution in [0.3, 0.4) is 0 Å². The smallest absolute Gasteiger partial charge is 0.137 e. The van der Waals surface area contributed by atoms with E-state index in [0.29, 0.717) is 6.04 Å². The minimum atomic E-state index is 0.451. The van der Waals surface area contributed by atoms with Crippen molar-refractivity contribution in [2.45, 2.75) is 73.3 Å². The van der Waals surface area contributed by atoms with Gasteiger partial charge < -0.3 is 10.2 Å². The van der Waals surface area contributed by atoms with Crippen LogP contribution in [-0.4, -0.2) is 29.1 Å². The summed E-state index contributed by atoms with van der Waals surface area (Å²) in [6.45, 7) is 15.2. The van der Waals surface area contributed by atoms with Crippen LogP contribution in [0, 0.1) is 6.92 Å². The van der Waals surface area contributed by atoms with E-state index in [2.05, 4.69) is 51.8 Å². The summed E-state index contributed by atoms with van der Waals surface area (Å²) in [5, 5.41) is 3.46. The first-order valence-electron chi connectivity index (χ1n) is 8.43. The van der Waals surface area contributed by atoms with Gasteiger partial charge in [-0.2, -0.15) is 0 Å². The molecule has 0 aliphatic rings. The number of hydrogen-bond acceptors (Lipinski definition) is 4. The van der Waals surface area contributed by atoms with Crippen molar-refractivity contribution in [3.63, 3.8) is 0 Å². The lowest BCUT2D eigenvalue weighted by molar-refractivity contribution is 0.654. The van der Waals surface area contributed by atoms with Gasteiger partial charge in [0.05, 0.1) is 0 Å². The quantitative estimate of drug-likeness (QED) is 0.741. The Bertz CT molecular complexity index is 429. The number of rotatable bonds is 9. The second kappa shape index (κ2) is 8.85. The van der Waals surface area contributed by atoms with Crippen LogP contribution in [0.4, 0.5) is 11.6 Å². The van der Waals surface area contributed by atoms with Crippen molar-refractivity contribution < 1.29 is 0 Å². The minimum Gasteiger partial charge on any atom is -0.370 e. The molecule has 1 rings (SSSR count). The second-order valence-corrected chi connectivity index (χ2v) is 5.90. The molecule has 1 N–H and O–H groups in total. The van der Waals surface area contributed by atoms with Gasteiger partial charge in [-0.3, -0.25) is 0 Å². The van der Waals surface area contributed by atoms with E-state index in [4.69, 9.17) is 9.97 Å². The fraction of sp³-hybridized carbons (Fsp3) is 0.765. The lowest BCUT2D eigenvalue weighted by Crippen LogP contribution is -2.33. The molecule has 0 aromatic carbocycles. The van der Waals surface area contributed by atoms with Crippen molar-refractivity contribution >= 4 is 11.6 Å². The highest BCUT2D eigenvalue weighted by Crippen LogP contribution is 2.26. The first kappa shape index (κ1) is 17.7. The Balaban J connectivity index is 3.22. The van der Waals surface area contributed by atoms with Crippen molar-refractivity contribution in [1.29, 1.82) is 0 Å². The molecule has 1 aromatic rings. The maximum Gasteiger partial charge on any atom is 0.137 e. The van der Waals surface area contributed by atoms with Crippen molar-refractivity contribution in [2.24, 2.45) is 0 Å². The fourth-order valence-electron chi connectivity index (χ4n) is 2.43. The fourth-order valence-corrected chi connectivity index (χ4v) is 2.43. The maximum absolute atomic E-state index is 4.85. The number of aromatic nitrogens is 2. The maximum atomic E-state index is 4.85. The average molecular weight is 292 g/mol. The topological polar surface area (TPSA) is 41.1 Å². The lowest BCUT2D eigenvalue weighted by Gasteiger charge is -2.30. The van der Waals surface area contributed by atoms with Gasteiger partial charge in [0, 0.05) is 31.1 Å². The Morgan fingerprint density at radius 1 is 1.05 bits per heavy atom. The van der Waals surface area contributed by atoms with E-state index in [-0.39, 0.29) is 0 Å². The van der Waals surface area contributed by atoms with E-state index >= 15 is 0 Å². The molecule has 0 atom stereocenters. The van der Waals surface area contributed by atoms with Gasteiger partial charge in [0.2, 0.25) is 0 Å². The Labute approximate surface area is 130 Å². The number of anilines is 2. The molecule has 0 fully saturated rings. The number of nitrogens with one attached hydrogen (secondary N) is 1. The van der Waals surface area contributed by atoms with Crippen molar-refractivity contribution in [3.05, 3.63) is 11.4 Å². The lowest BCUT2D eigenvalue weighted by atomic mass is 10.2.